The number of ketones is 1. The number of hydrogen-bond acceptors (Lipinski definition) is 6. The number of nitrogens with zero attached hydrogens (tertiary/aromatic N) is 3. The van der Waals surface area contributed by atoms with Crippen molar-refractivity contribution >= 4 is 52.8 Å². The van der Waals surface area contributed by atoms with Gasteiger partial charge in [0.15, 0.2) is 5.17 Å². The molecule has 180 valence electrons. The van der Waals surface area contributed by atoms with Gasteiger partial charge in [-0.3, -0.25) is 19.2 Å². The molecule has 2 saturated heterocycles. The van der Waals surface area contributed by atoms with Crippen LogP contribution in [0.25, 0.3) is 0 Å². The Labute approximate surface area is 199 Å². The van der Waals surface area contributed by atoms with Crippen LogP contribution in [0.5, 0.6) is 0 Å². The Hall–Kier alpha value is -1.81. The van der Waals surface area contributed by atoms with Crippen molar-refractivity contribution < 1.29 is 19.2 Å². The van der Waals surface area contributed by atoms with E-state index in [1.165, 1.54) is 18.7 Å². The van der Waals surface area contributed by atoms with E-state index in [1.807, 2.05) is 11.9 Å². The third kappa shape index (κ3) is 6.84. The summed E-state index contributed by atoms with van der Waals surface area (Å²) >= 11 is 1.52. The largest absolute Gasteiger partial charge is 0.352 e. The van der Waals surface area contributed by atoms with Crippen LogP contribution in [-0.2, 0) is 19.2 Å². The van der Waals surface area contributed by atoms with Crippen molar-refractivity contribution in [3.05, 3.63) is 0 Å². The van der Waals surface area contributed by atoms with Gasteiger partial charge in [-0.1, -0.05) is 31.0 Å². The molecule has 3 amide bonds. The Morgan fingerprint density at radius 2 is 1.69 bits per heavy atom. The van der Waals surface area contributed by atoms with E-state index in [2.05, 4.69) is 15.8 Å². The van der Waals surface area contributed by atoms with Gasteiger partial charge in [-0.15, -0.1) is 17.5 Å². The molecule has 32 heavy (non-hydrogen) atoms. The van der Waals surface area contributed by atoms with Gasteiger partial charge in [0.25, 0.3) is 0 Å². The number of nitrogens with one attached hydrogen (secondary N) is 2. The van der Waals surface area contributed by atoms with Crippen molar-refractivity contribution in [3.63, 3.8) is 0 Å². The van der Waals surface area contributed by atoms with Crippen molar-refractivity contribution in [3.8, 4) is 0 Å². The van der Waals surface area contributed by atoms with Gasteiger partial charge in [0.05, 0.1) is 0 Å². The Balaban J connectivity index is 0.00000363. The second-order valence-electron chi connectivity index (χ2n) is 8.63. The van der Waals surface area contributed by atoms with Crippen LogP contribution in [0, 0.1) is 11.8 Å². The Morgan fingerprint density at radius 3 is 2.25 bits per heavy atom. The standard InChI is InChI=1S/C21H33N5O4S.ClH/c1-14(27)26-10-8-15(9-11-26)17(22-19(29)16-6-4-3-5-7-16)18(28)20(30)23-24-21-25(2)12-13-31-21;/h15-17H,3-13H2,1-2H3,(H,22,29)(H,23,30);1H/b24-21-;. The number of halogens is 1. The average molecular weight is 488 g/mol. The fraction of sp³-hybridized carbons (Fsp3) is 0.762. The first-order valence-electron chi connectivity index (χ1n) is 11.2. The molecule has 3 aliphatic rings. The van der Waals surface area contributed by atoms with Crippen LogP contribution in [0.1, 0.15) is 51.9 Å². The summed E-state index contributed by atoms with van der Waals surface area (Å²) < 4.78 is 0. The number of carbonyl (C=O) groups is 4. The Kier molecular flexibility index (Phi) is 10.3. The minimum absolute atomic E-state index is 0. The summed E-state index contributed by atoms with van der Waals surface area (Å²) in [6, 6.07) is -0.891. The Bertz CT molecular complexity index is 736. The minimum atomic E-state index is -0.891. The van der Waals surface area contributed by atoms with E-state index in [0.717, 1.165) is 44.4 Å². The topological polar surface area (TPSA) is 111 Å². The second kappa shape index (κ2) is 12.4. The van der Waals surface area contributed by atoms with Crippen LogP contribution in [0.15, 0.2) is 5.10 Å². The highest BCUT2D eigenvalue weighted by Crippen LogP contribution is 2.26. The van der Waals surface area contributed by atoms with E-state index in [9.17, 15) is 19.2 Å². The number of thioether (sulfide) groups is 1. The molecule has 9 nitrogen and oxygen atoms in total. The zero-order valence-corrected chi connectivity index (χ0v) is 20.4. The number of likely N-dealkylation sites (tertiary alicyclic amines) is 1. The lowest BCUT2D eigenvalue weighted by Gasteiger charge is -2.35. The van der Waals surface area contributed by atoms with E-state index < -0.39 is 17.7 Å². The van der Waals surface area contributed by atoms with Crippen LogP contribution in [0.3, 0.4) is 0 Å². The molecular formula is C21H34ClN5O4S. The van der Waals surface area contributed by atoms with Gasteiger partial charge in [-0.2, -0.15) is 0 Å². The molecule has 1 saturated carbocycles. The zero-order chi connectivity index (χ0) is 22.4. The maximum absolute atomic E-state index is 13.1. The number of Topliss-reactive ketones (excluding diaryl/α,β-unsaturated/α-hetero) is 1. The normalized spacial score (nSPS) is 22.2. The molecule has 1 aliphatic carbocycles. The lowest BCUT2D eigenvalue weighted by Crippen LogP contribution is -2.54. The molecule has 0 aromatic heterocycles. The van der Waals surface area contributed by atoms with Crippen molar-refractivity contribution in [2.75, 3.05) is 32.4 Å². The maximum atomic E-state index is 13.1. The molecular weight excluding hydrogens is 454 g/mol. The maximum Gasteiger partial charge on any atom is 0.309 e. The van der Waals surface area contributed by atoms with Crippen LogP contribution in [0.2, 0.25) is 0 Å². The van der Waals surface area contributed by atoms with E-state index in [0.29, 0.717) is 31.1 Å². The number of piperidine rings is 1. The predicted molar refractivity (Wildman–Crippen MR) is 126 cm³/mol. The molecule has 0 radical (unpaired) electrons. The summed E-state index contributed by atoms with van der Waals surface area (Å²) in [5.74, 6) is -1.02. The van der Waals surface area contributed by atoms with Gasteiger partial charge in [0.2, 0.25) is 17.6 Å². The van der Waals surface area contributed by atoms with Gasteiger partial charge in [-0.05, 0) is 31.6 Å². The molecule has 0 aromatic carbocycles. The van der Waals surface area contributed by atoms with Gasteiger partial charge in [0, 0.05) is 45.3 Å². The number of carbonyl (C=O) groups excluding carboxylic acids is 4. The van der Waals surface area contributed by atoms with E-state index in [1.54, 1.807) is 4.90 Å². The highest BCUT2D eigenvalue weighted by molar-refractivity contribution is 8.14. The molecule has 3 fully saturated rings. The quantitative estimate of drug-likeness (QED) is 0.432. The lowest BCUT2D eigenvalue weighted by molar-refractivity contribution is -0.142. The third-order valence-corrected chi connectivity index (χ3v) is 7.52. The van der Waals surface area contributed by atoms with Crippen molar-refractivity contribution in [2.24, 2.45) is 16.9 Å². The number of rotatable bonds is 6. The van der Waals surface area contributed by atoms with E-state index >= 15 is 0 Å². The van der Waals surface area contributed by atoms with Crippen molar-refractivity contribution in [1.29, 1.82) is 0 Å². The summed E-state index contributed by atoms with van der Waals surface area (Å²) in [6.45, 7) is 3.41. The highest BCUT2D eigenvalue weighted by Gasteiger charge is 2.37. The smallest absolute Gasteiger partial charge is 0.309 e. The fourth-order valence-corrected chi connectivity index (χ4v) is 5.44. The molecule has 3 rings (SSSR count). The molecule has 2 aliphatic heterocycles. The fourth-order valence-electron chi connectivity index (χ4n) is 4.47. The lowest BCUT2D eigenvalue weighted by atomic mass is 9.84. The first kappa shape index (κ1) is 26.4. The first-order valence-corrected chi connectivity index (χ1v) is 12.2. The molecule has 0 bridgehead atoms. The van der Waals surface area contributed by atoms with Crippen LogP contribution < -0.4 is 10.7 Å². The third-order valence-electron chi connectivity index (χ3n) is 6.47. The summed E-state index contributed by atoms with van der Waals surface area (Å²) in [5.41, 5.74) is 2.38. The molecule has 1 atom stereocenters. The van der Waals surface area contributed by atoms with Gasteiger partial charge in [-0.25, -0.2) is 5.43 Å². The van der Waals surface area contributed by atoms with Gasteiger partial charge in [0.1, 0.15) is 6.04 Å². The monoisotopic (exact) mass is 487 g/mol. The predicted octanol–water partition coefficient (Wildman–Crippen LogP) is 1.37. The number of hydrogen-bond donors (Lipinski definition) is 2. The molecule has 0 spiro atoms. The molecule has 1 unspecified atom stereocenters. The van der Waals surface area contributed by atoms with Gasteiger partial charge < -0.3 is 15.1 Å². The first-order chi connectivity index (χ1) is 14.9. The molecule has 2 heterocycles. The molecule has 0 aromatic rings. The highest BCUT2D eigenvalue weighted by atomic mass is 35.5. The number of hydrazone groups is 1. The number of amides is 3. The number of amidine groups is 1. The Morgan fingerprint density at radius 1 is 1.03 bits per heavy atom. The minimum Gasteiger partial charge on any atom is -0.352 e. The van der Waals surface area contributed by atoms with Gasteiger partial charge >= 0.3 is 5.91 Å². The SMILES string of the molecule is CC(=O)N1CCC(C(NC(=O)C2CCCCC2)C(=O)C(=O)N/N=C2\SCCN2C)CC1.Cl. The zero-order valence-electron chi connectivity index (χ0n) is 18.8. The summed E-state index contributed by atoms with van der Waals surface area (Å²) in [6.07, 6.45) is 5.93. The van der Waals surface area contributed by atoms with Crippen LogP contribution in [0.4, 0.5) is 0 Å². The molecule has 2 N–H and O–H groups in total. The average Bonchev–Trinajstić information content (AvgIpc) is 3.20. The summed E-state index contributed by atoms with van der Waals surface area (Å²) in [4.78, 5) is 53.8. The van der Waals surface area contributed by atoms with Crippen molar-refractivity contribution in [2.45, 2.75) is 57.9 Å². The second-order valence-corrected chi connectivity index (χ2v) is 9.70. The summed E-state index contributed by atoms with van der Waals surface area (Å²) in [5, 5.41) is 7.64. The van der Waals surface area contributed by atoms with Crippen molar-refractivity contribution in [1.82, 2.24) is 20.5 Å². The van der Waals surface area contributed by atoms with E-state index in [-0.39, 0.29) is 36.1 Å². The van der Waals surface area contributed by atoms with Crippen LogP contribution >= 0.6 is 24.2 Å². The summed E-state index contributed by atoms with van der Waals surface area (Å²) in [7, 11) is 1.88. The molecule has 11 heteroatoms. The van der Waals surface area contributed by atoms with E-state index in [4.69, 9.17) is 0 Å². The van der Waals surface area contributed by atoms with Crippen LogP contribution in [-0.4, -0.2) is 76.9 Å².